The lowest BCUT2D eigenvalue weighted by Crippen LogP contribution is -2.47. The van der Waals surface area contributed by atoms with E-state index in [-0.39, 0.29) is 11.3 Å². The number of carbonyl (C=O) groups excluding carboxylic acids is 1. The molecular weight excluding hydrogens is 334 g/mol. The van der Waals surface area contributed by atoms with Crippen LogP contribution in [0.25, 0.3) is 0 Å². The Bertz CT molecular complexity index is 735. The zero-order valence-electron chi connectivity index (χ0n) is 15.9. The first kappa shape index (κ1) is 18.1. The Labute approximate surface area is 162 Å². The molecule has 1 N–H and O–H groups in total. The molecule has 27 heavy (non-hydrogen) atoms. The largest absolute Gasteiger partial charge is 0.369 e. The van der Waals surface area contributed by atoms with E-state index in [9.17, 15) is 4.79 Å². The number of piperazine rings is 1. The van der Waals surface area contributed by atoms with Crippen LogP contribution >= 0.6 is 0 Å². The Morgan fingerprint density at radius 1 is 0.889 bits per heavy atom. The third-order valence-electron chi connectivity index (χ3n) is 5.94. The second kappa shape index (κ2) is 8.13. The van der Waals surface area contributed by atoms with Crippen molar-refractivity contribution in [3.63, 3.8) is 0 Å². The molecule has 1 saturated carbocycles. The van der Waals surface area contributed by atoms with E-state index in [0.717, 1.165) is 58.5 Å². The number of hydrogen-bond acceptors (Lipinski definition) is 3. The zero-order chi connectivity index (χ0) is 18.5. The highest BCUT2D eigenvalue weighted by Gasteiger charge is 2.50. The maximum absolute atomic E-state index is 12.6. The minimum absolute atomic E-state index is 0.211. The van der Waals surface area contributed by atoms with Crippen LogP contribution in [0.3, 0.4) is 0 Å². The summed E-state index contributed by atoms with van der Waals surface area (Å²) in [6.07, 6.45) is 2.97. The molecule has 2 fully saturated rings. The van der Waals surface area contributed by atoms with E-state index >= 15 is 0 Å². The smallest absolute Gasteiger partial charge is 0.230 e. The van der Waals surface area contributed by atoms with Crippen molar-refractivity contribution in [3.05, 3.63) is 66.2 Å². The Hall–Kier alpha value is -2.33. The summed E-state index contributed by atoms with van der Waals surface area (Å²) in [5, 5.41) is 3.18. The first-order valence-corrected chi connectivity index (χ1v) is 10.1. The van der Waals surface area contributed by atoms with Crippen molar-refractivity contribution in [1.29, 1.82) is 0 Å². The van der Waals surface area contributed by atoms with Gasteiger partial charge in [-0.3, -0.25) is 9.69 Å². The van der Waals surface area contributed by atoms with Gasteiger partial charge < -0.3 is 10.2 Å². The molecule has 0 radical (unpaired) electrons. The molecular formula is C23H29N3O. The number of hydrogen-bond donors (Lipinski definition) is 1. The molecule has 1 heterocycles. The van der Waals surface area contributed by atoms with Crippen molar-refractivity contribution in [1.82, 2.24) is 10.2 Å². The second-order valence-electron chi connectivity index (χ2n) is 7.72. The molecule has 4 nitrogen and oxygen atoms in total. The third-order valence-corrected chi connectivity index (χ3v) is 5.94. The summed E-state index contributed by atoms with van der Waals surface area (Å²) in [4.78, 5) is 17.6. The minimum atomic E-state index is -0.247. The Morgan fingerprint density at radius 3 is 2.15 bits per heavy atom. The van der Waals surface area contributed by atoms with Crippen LogP contribution in [-0.2, 0) is 10.2 Å². The quantitative estimate of drug-likeness (QED) is 0.768. The first-order chi connectivity index (χ1) is 13.3. The molecule has 2 aliphatic rings. The number of rotatable bonds is 7. The Balaban J connectivity index is 1.17. The van der Waals surface area contributed by atoms with Gasteiger partial charge in [0, 0.05) is 38.4 Å². The molecule has 4 rings (SSSR count). The van der Waals surface area contributed by atoms with Gasteiger partial charge in [-0.15, -0.1) is 0 Å². The summed E-state index contributed by atoms with van der Waals surface area (Å²) in [6.45, 7) is 6.17. The van der Waals surface area contributed by atoms with Crippen LogP contribution in [0.4, 0.5) is 5.69 Å². The number of amides is 1. The average Bonchev–Trinajstić information content (AvgIpc) is 3.55. The fourth-order valence-corrected chi connectivity index (χ4v) is 4.07. The van der Waals surface area contributed by atoms with Gasteiger partial charge in [0.2, 0.25) is 5.91 Å². The highest BCUT2D eigenvalue weighted by molar-refractivity contribution is 5.91. The summed E-state index contributed by atoms with van der Waals surface area (Å²) in [5.41, 5.74) is 2.24. The Kier molecular flexibility index (Phi) is 5.44. The third kappa shape index (κ3) is 4.16. The van der Waals surface area contributed by atoms with E-state index < -0.39 is 0 Å². The van der Waals surface area contributed by atoms with Gasteiger partial charge in [-0.05, 0) is 43.5 Å². The number of para-hydroxylation sites is 1. The highest BCUT2D eigenvalue weighted by atomic mass is 16.2. The number of nitrogens with one attached hydrogen (secondary N) is 1. The van der Waals surface area contributed by atoms with E-state index in [4.69, 9.17) is 0 Å². The number of carbonyl (C=O) groups is 1. The lowest BCUT2D eigenvalue weighted by atomic mass is 9.95. The van der Waals surface area contributed by atoms with Crippen molar-refractivity contribution in [3.8, 4) is 0 Å². The maximum atomic E-state index is 12.6. The van der Waals surface area contributed by atoms with E-state index in [1.807, 2.05) is 18.2 Å². The summed E-state index contributed by atoms with van der Waals surface area (Å²) in [6, 6.07) is 20.9. The van der Waals surface area contributed by atoms with Crippen molar-refractivity contribution >= 4 is 11.6 Å². The van der Waals surface area contributed by atoms with Crippen LogP contribution in [0.5, 0.6) is 0 Å². The van der Waals surface area contributed by atoms with Gasteiger partial charge in [0.1, 0.15) is 0 Å². The van der Waals surface area contributed by atoms with Crippen molar-refractivity contribution in [2.45, 2.75) is 24.7 Å². The summed E-state index contributed by atoms with van der Waals surface area (Å²) in [7, 11) is 0. The molecule has 4 heteroatoms. The standard InChI is InChI=1S/C23H29N3O/c27-22(23(12-13-23)20-8-3-1-4-9-20)24-14-7-15-25-16-18-26(19-17-25)21-10-5-2-6-11-21/h1-6,8-11H,7,12-19H2,(H,24,27). The molecule has 1 aliphatic heterocycles. The van der Waals surface area contributed by atoms with Gasteiger partial charge in [-0.1, -0.05) is 48.5 Å². The topological polar surface area (TPSA) is 35.6 Å². The molecule has 0 aromatic heterocycles. The predicted octanol–water partition coefficient (Wildman–Crippen LogP) is 3.05. The van der Waals surface area contributed by atoms with Gasteiger partial charge in [0.25, 0.3) is 0 Å². The Morgan fingerprint density at radius 2 is 1.52 bits per heavy atom. The summed E-state index contributed by atoms with van der Waals surface area (Å²) < 4.78 is 0. The van der Waals surface area contributed by atoms with Crippen LogP contribution in [0.15, 0.2) is 60.7 Å². The first-order valence-electron chi connectivity index (χ1n) is 10.1. The molecule has 142 valence electrons. The van der Waals surface area contributed by atoms with E-state index in [0.29, 0.717) is 0 Å². The summed E-state index contributed by atoms with van der Waals surface area (Å²) in [5.74, 6) is 0.211. The van der Waals surface area contributed by atoms with Crippen molar-refractivity contribution < 1.29 is 4.79 Å². The second-order valence-corrected chi connectivity index (χ2v) is 7.72. The zero-order valence-corrected chi connectivity index (χ0v) is 15.9. The SMILES string of the molecule is O=C(NCCCN1CCN(c2ccccc2)CC1)C1(c2ccccc2)CC1. The molecule has 0 spiro atoms. The van der Waals surface area contributed by atoms with Gasteiger partial charge in [0.05, 0.1) is 5.41 Å². The molecule has 1 amide bonds. The minimum Gasteiger partial charge on any atom is -0.369 e. The van der Waals surface area contributed by atoms with E-state index in [2.05, 4.69) is 57.6 Å². The molecule has 1 saturated heterocycles. The fourth-order valence-electron chi connectivity index (χ4n) is 4.07. The fraction of sp³-hybridized carbons (Fsp3) is 0.435. The molecule has 0 bridgehead atoms. The van der Waals surface area contributed by atoms with E-state index in [1.165, 1.54) is 11.3 Å². The maximum Gasteiger partial charge on any atom is 0.230 e. The van der Waals surface area contributed by atoms with Gasteiger partial charge in [-0.25, -0.2) is 0 Å². The van der Waals surface area contributed by atoms with Crippen LogP contribution < -0.4 is 10.2 Å². The predicted molar refractivity (Wildman–Crippen MR) is 110 cm³/mol. The highest BCUT2D eigenvalue weighted by Crippen LogP contribution is 2.48. The van der Waals surface area contributed by atoms with Gasteiger partial charge in [-0.2, -0.15) is 0 Å². The van der Waals surface area contributed by atoms with Crippen LogP contribution in [-0.4, -0.2) is 50.1 Å². The van der Waals surface area contributed by atoms with Gasteiger partial charge >= 0.3 is 0 Å². The van der Waals surface area contributed by atoms with Crippen molar-refractivity contribution in [2.75, 3.05) is 44.2 Å². The van der Waals surface area contributed by atoms with E-state index in [1.54, 1.807) is 0 Å². The molecule has 2 aromatic carbocycles. The van der Waals surface area contributed by atoms with Crippen LogP contribution in [0, 0.1) is 0 Å². The number of anilines is 1. The monoisotopic (exact) mass is 363 g/mol. The van der Waals surface area contributed by atoms with Gasteiger partial charge in [0.15, 0.2) is 0 Å². The molecule has 0 atom stereocenters. The van der Waals surface area contributed by atoms with Crippen LogP contribution in [0.2, 0.25) is 0 Å². The lowest BCUT2D eigenvalue weighted by Gasteiger charge is -2.36. The normalized spacial score (nSPS) is 18.9. The molecule has 1 aliphatic carbocycles. The van der Waals surface area contributed by atoms with Crippen LogP contribution in [0.1, 0.15) is 24.8 Å². The molecule has 0 unspecified atom stereocenters. The number of nitrogens with zero attached hydrogens (tertiary/aromatic N) is 2. The summed E-state index contributed by atoms with van der Waals surface area (Å²) >= 11 is 0. The average molecular weight is 364 g/mol. The lowest BCUT2D eigenvalue weighted by molar-refractivity contribution is -0.123. The number of benzene rings is 2. The van der Waals surface area contributed by atoms with Crippen molar-refractivity contribution in [2.24, 2.45) is 0 Å². The molecule has 2 aromatic rings.